The molecule has 1 aliphatic rings. The van der Waals surface area contributed by atoms with Gasteiger partial charge in [-0.15, -0.1) is 21.5 Å². The average Bonchev–Trinajstić information content (AvgIpc) is 3.31. The van der Waals surface area contributed by atoms with Crippen molar-refractivity contribution in [3.05, 3.63) is 40.4 Å². The van der Waals surface area contributed by atoms with Crippen molar-refractivity contribution < 1.29 is 4.79 Å². The summed E-state index contributed by atoms with van der Waals surface area (Å²) in [6.07, 6.45) is 3.04. The summed E-state index contributed by atoms with van der Waals surface area (Å²) in [4.78, 5) is 25.7. The fraction of sp³-hybridized carbons (Fsp3) is 0.375. The number of hydrogen-bond donors (Lipinski definition) is 0. The molecule has 4 rings (SSSR count). The number of nitrogens with zero attached hydrogens (tertiary/aromatic N) is 8. The predicted octanol–water partition coefficient (Wildman–Crippen LogP) is 1.09. The molecule has 1 saturated heterocycles. The number of rotatable bonds is 3. The van der Waals surface area contributed by atoms with Crippen molar-refractivity contribution >= 4 is 23.1 Å². The van der Waals surface area contributed by atoms with E-state index in [-0.39, 0.29) is 5.91 Å². The van der Waals surface area contributed by atoms with Crippen molar-refractivity contribution in [1.29, 1.82) is 0 Å². The molecule has 1 fully saturated rings. The summed E-state index contributed by atoms with van der Waals surface area (Å²) in [6.45, 7) is 6.57. The van der Waals surface area contributed by atoms with Gasteiger partial charge in [-0.25, -0.2) is 14.6 Å². The lowest BCUT2D eigenvalue weighted by molar-refractivity contribution is 0.0750. The van der Waals surface area contributed by atoms with Gasteiger partial charge in [0.05, 0.1) is 10.7 Å². The Labute approximate surface area is 154 Å². The van der Waals surface area contributed by atoms with Crippen LogP contribution in [0.5, 0.6) is 0 Å². The van der Waals surface area contributed by atoms with Gasteiger partial charge in [0.2, 0.25) is 0 Å². The third kappa shape index (κ3) is 3.15. The molecule has 0 spiro atoms. The van der Waals surface area contributed by atoms with Crippen molar-refractivity contribution in [2.45, 2.75) is 13.8 Å². The first-order valence-electron chi connectivity index (χ1n) is 8.29. The minimum absolute atomic E-state index is 0.0698. The van der Waals surface area contributed by atoms with Crippen LogP contribution in [0, 0.1) is 13.8 Å². The number of piperazine rings is 1. The highest BCUT2D eigenvalue weighted by molar-refractivity contribution is 7.13. The van der Waals surface area contributed by atoms with Crippen LogP contribution in [-0.4, -0.2) is 66.9 Å². The molecule has 1 aliphatic heterocycles. The van der Waals surface area contributed by atoms with Crippen LogP contribution in [0.15, 0.2) is 24.8 Å². The smallest absolute Gasteiger partial charge is 0.265 e. The number of carbonyl (C=O) groups is 1. The van der Waals surface area contributed by atoms with E-state index in [1.54, 1.807) is 11.0 Å². The van der Waals surface area contributed by atoms with Gasteiger partial charge in [0, 0.05) is 26.2 Å². The molecule has 26 heavy (non-hydrogen) atoms. The van der Waals surface area contributed by atoms with Crippen molar-refractivity contribution in [1.82, 2.24) is 34.8 Å². The second-order valence-corrected chi connectivity index (χ2v) is 7.22. The molecular weight excluding hydrogens is 352 g/mol. The Morgan fingerprint density at radius 3 is 2.38 bits per heavy atom. The molecule has 0 bridgehead atoms. The first-order valence-corrected chi connectivity index (χ1v) is 9.10. The number of anilines is 1. The summed E-state index contributed by atoms with van der Waals surface area (Å²) in [7, 11) is 0. The molecule has 0 aromatic carbocycles. The molecule has 9 nitrogen and oxygen atoms in total. The predicted molar refractivity (Wildman–Crippen MR) is 96.7 cm³/mol. The van der Waals surface area contributed by atoms with E-state index in [1.165, 1.54) is 17.7 Å². The fourth-order valence-corrected chi connectivity index (χ4v) is 3.84. The molecule has 4 heterocycles. The van der Waals surface area contributed by atoms with Gasteiger partial charge < -0.3 is 9.80 Å². The largest absolute Gasteiger partial charge is 0.352 e. The van der Waals surface area contributed by atoms with E-state index in [9.17, 15) is 4.79 Å². The van der Waals surface area contributed by atoms with Crippen molar-refractivity contribution in [2.75, 3.05) is 31.1 Å². The maximum absolute atomic E-state index is 12.7. The Bertz CT molecular complexity index is 897. The van der Waals surface area contributed by atoms with Crippen LogP contribution >= 0.6 is 11.3 Å². The Balaban J connectivity index is 1.40. The van der Waals surface area contributed by atoms with Gasteiger partial charge in [0.15, 0.2) is 11.6 Å². The van der Waals surface area contributed by atoms with Crippen LogP contribution in [0.2, 0.25) is 0 Å². The monoisotopic (exact) mass is 370 g/mol. The molecule has 0 radical (unpaired) electrons. The standard InChI is InChI=1S/C16H18N8OS/c1-11-15(26-12(2)19-11)16(25)23-7-5-22(6-8-23)13-3-4-14(21-20-13)24-10-17-9-18-24/h3-4,9-10H,5-8H2,1-2H3. The van der Waals surface area contributed by atoms with Crippen molar-refractivity contribution in [3.63, 3.8) is 0 Å². The fourth-order valence-electron chi connectivity index (χ4n) is 2.95. The highest BCUT2D eigenvalue weighted by Gasteiger charge is 2.25. The summed E-state index contributed by atoms with van der Waals surface area (Å²) in [6, 6.07) is 3.77. The van der Waals surface area contributed by atoms with Crippen molar-refractivity contribution in [2.24, 2.45) is 0 Å². The van der Waals surface area contributed by atoms with Gasteiger partial charge >= 0.3 is 0 Å². The van der Waals surface area contributed by atoms with E-state index in [0.29, 0.717) is 18.9 Å². The number of aromatic nitrogens is 6. The average molecular weight is 370 g/mol. The van der Waals surface area contributed by atoms with Crippen LogP contribution in [0.4, 0.5) is 5.82 Å². The third-order valence-corrected chi connectivity index (χ3v) is 5.34. The Morgan fingerprint density at radius 1 is 1.08 bits per heavy atom. The number of carbonyl (C=O) groups excluding carboxylic acids is 1. The minimum Gasteiger partial charge on any atom is -0.352 e. The van der Waals surface area contributed by atoms with Crippen LogP contribution < -0.4 is 4.90 Å². The second kappa shape index (κ2) is 6.79. The van der Waals surface area contributed by atoms with Crippen LogP contribution in [0.1, 0.15) is 20.4 Å². The van der Waals surface area contributed by atoms with Crippen molar-refractivity contribution in [3.8, 4) is 5.82 Å². The molecule has 0 unspecified atom stereocenters. The molecule has 0 atom stereocenters. The topological polar surface area (TPSA) is 92.9 Å². The number of hydrogen-bond acceptors (Lipinski definition) is 8. The van der Waals surface area contributed by atoms with Crippen LogP contribution in [0.3, 0.4) is 0 Å². The highest BCUT2D eigenvalue weighted by Crippen LogP contribution is 2.21. The normalized spacial score (nSPS) is 14.7. The van der Waals surface area contributed by atoms with E-state index >= 15 is 0 Å². The van der Waals surface area contributed by atoms with E-state index in [2.05, 4.69) is 30.2 Å². The zero-order valence-corrected chi connectivity index (χ0v) is 15.3. The first-order chi connectivity index (χ1) is 12.6. The molecule has 3 aromatic rings. The maximum Gasteiger partial charge on any atom is 0.265 e. The first kappa shape index (κ1) is 16.6. The summed E-state index contributed by atoms with van der Waals surface area (Å²) < 4.78 is 1.56. The minimum atomic E-state index is 0.0698. The Morgan fingerprint density at radius 2 is 1.81 bits per heavy atom. The lowest BCUT2D eigenvalue weighted by atomic mass is 10.2. The molecule has 10 heteroatoms. The molecule has 134 valence electrons. The SMILES string of the molecule is Cc1nc(C)c(C(=O)N2CCN(c3ccc(-n4cncn4)nn3)CC2)s1. The van der Waals surface area contributed by atoms with Gasteiger partial charge in [-0.1, -0.05) is 0 Å². The molecule has 3 aromatic heterocycles. The summed E-state index contributed by atoms with van der Waals surface area (Å²) in [5.74, 6) is 1.49. The third-order valence-electron chi connectivity index (χ3n) is 4.28. The quantitative estimate of drug-likeness (QED) is 0.681. The lowest BCUT2D eigenvalue weighted by Crippen LogP contribution is -2.49. The number of thiazole rings is 1. The van der Waals surface area contributed by atoms with E-state index in [0.717, 1.165) is 34.5 Å². The summed E-state index contributed by atoms with van der Waals surface area (Å²) in [5.41, 5.74) is 0.814. The highest BCUT2D eigenvalue weighted by atomic mass is 32.1. The maximum atomic E-state index is 12.7. The second-order valence-electron chi connectivity index (χ2n) is 6.02. The zero-order chi connectivity index (χ0) is 18.1. The summed E-state index contributed by atoms with van der Waals surface area (Å²) in [5, 5.41) is 13.4. The van der Waals surface area contributed by atoms with Gasteiger partial charge in [0.1, 0.15) is 17.5 Å². The Hall–Kier alpha value is -2.88. The Kier molecular flexibility index (Phi) is 4.33. The van der Waals surface area contributed by atoms with Crippen LogP contribution in [-0.2, 0) is 0 Å². The molecule has 0 saturated carbocycles. The lowest BCUT2D eigenvalue weighted by Gasteiger charge is -2.35. The van der Waals surface area contributed by atoms with Gasteiger partial charge in [-0.3, -0.25) is 4.79 Å². The molecular formula is C16H18N8OS. The zero-order valence-electron chi connectivity index (χ0n) is 14.5. The van der Waals surface area contributed by atoms with Gasteiger partial charge in [-0.05, 0) is 26.0 Å². The van der Waals surface area contributed by atoms with Gasteiger partial charge in [-0.2, -0.15) is 5.10 Å². The van der Waals surface area contributed by atoms with Crippen LogP contribution in [0.25, 0.3) is 5.82 Å². The molecule has 0 aliphatic carbocycles. The van der Waals surface area contributed by atoms with E-state index in [4.69, 9.17) is 0 Å². The number of amides is 1. The van der Waals surface area contributed by atoms with Gasteiger partial charge in [0.25, 0.3) is 5.91 Å². The van der Waals surface area contributed by atoms with E-state index < -0.39 is 0 Å². The summed E-state index contributed by atoms with van der Waals surface area (Å²) >= 11 is 1.46. The number of aryl methyl sites for hydroxylation is 2. The molecule has 1 amide bonds. The van der Waals surface area contributed by atoms with E-state index in [1.807, 2.05) is 30.9 Å². The molecule has 0 N–H and O–H groups in total.